The van der Waals surface area contributed by atoms with Crippen LogP contribution in [-0.2, 0) is 14.3 Å². The quantitative estimate of drug-likeness (QED) is 0.391. The highest BCUT2D eigenvalue weighted by Gasteiger charge is 2.16. The SMILES string of the molecule is COC(=O)C(=O)/C=C(\O)c1c(C)cc(OC(C)C)cc1C. The molecule has 1 N–H and O–H groups in total. The van der Waals surface area contributed by atoms with Gasteiger partial charge in [-0.2, -0.15) is 0 Å². The number of aliphatic hydroxyl groups is 1. The molecule has 0 amide bonds. The first kappa shape index (κ1) is 16.8. The maximum Gasteiger partial charge on any atom is 0.378 e. The molecule has 0 aliphatic carbocycles. The first-order chi connectivity index (χ1) is 9.76. The fourth-order valence-corrected chi connectivity index (χ4v) is 2.02. The van der Waals surface area contributed by atoms with Gasteiger partial charge in [-0.25, -0.2) is 4.79 Å². The molecule has 1 aromatic carbocycles. The summed E-state index contributed by atoms with van der Waals surface area (Å²) in [7, 11) is 1.11. The molecule has 21 heavy (non-hydrogen) atoms. The van der Waals surface area contributed by atoms with Crippen molar-refractivity contribution in [2.24, 2.45) is 0 Å². The van der Waals surface area contributed by atoms with Crippen molar-refractivity contribution in [3.8, 4) is 5.75 Å². The van der Waals surface area contributed by atoms with Crippen molar-refractivity contribution in [3.63, 3.8) is 0 Å². The molecule has 0 aliphatic heterocycles. The Labute approximate surface area is 124 Å². The van der Waals surface area contributed by atoms with Crippen molar-refractivity contribution in [1.29, 1.82) is 0 Å². The summed E-state index contributed by atoms with van der Waals surface area (Å²) >= 11 is 0. The third kappa shape index (κ3) is 4.34. The van der Waals surface area contributed by atoms with Crippen LogP contribution in [0.4, 0.5) is 0 Å². The van der Waals surface area contributed by atoms with E-state index in [1.807, 2.05) is 13.8 Å². The maximum absolute atomic E-state index is 11.5. The first-order valence-electron chi connectivity index (χ1n) is 6.57. The number of benzene rings is 1. The number of hydrogen-bond acceptors (Lipinski definition) is 5. The number of aliphatic hydroxyl groups excluding tert-OH is 1. The van der Waals surface area contributed by atoms with Crippen LogP contribution in [0.3, 0.4) is 0 Å². The molecule has 0 aromatic heterocycles. The molecule has 0 saturated carbocycles. The van der Waals surface area contributed by atoms with Gasteiger partial charge in [0.15, 0.2) is 0 Å². The molecule has 0 fully saturated rings. The van der Waals surface area contributed by atoms with Gasteiger partial charge in [0.2, 0.25) is 0 Å². The summed E-state index contributed by atoms with van der Waals surface area (Å²) in [6.45, 7) is 7.43. The summed E-state index contributed by atoms with van der Waals surface area (Å²) in [5.41, 5.74) is 2.00. The van der Waals surface area contributed by atoms with Gasteiger partial charge < -0.3 is 14.6 Å². The van der Waals surface area contributed by atoms with Crippen LogP contribution >= 0.6 is 0 Å². The Morgan fingerprint density at radius 1 is 1.19 bits per heavy atom. The number of methoxy groups -OCH3 is 1. The lowest BCUT2D eigenvalue weighted by atomic mass is 10.00. The smallest absolute Gasteiger partial charge is 0.378 e. The van der Waals surface area contributed by atoms with Crippen LogP contribution in [-0.4, -0.2) is 30.1 Å². The summed E-state index contributed by atoms with van der Waals surface area (Å²) < 4.78 is 9.91. The number of carbonyl (C=O) groups excluding carboxylic acids is 2. The zero-order chi connectivity index (χ0) is 16.2. The molecule has 0 bridgehead atoms. The van der Waals surface area contributed by atoms with Crippen molar-refractivity contribution in [2.75, 3.05) is 7.11 Å². The molecule has 0 spiro atoms. The van der Waals surface area contributed by atoms with Gasteiger partial charge in [-0.05, 0) is 51.0 Å². The van der Waals surface area contributed by atoms with Gasteiger partial charge in [0, 0.05) is 11.6 Å². The van der Waals surface area contributed by atoms with Crippen LogP contribution in [0.25, 0.3) is 5.76 Å². The Balaban J connectivity index is 3.16. The fraction of sp³-hybridized carbons (Fsp3) is 0.375. The zero-order valence-corrected chi connectivity index (χ0v) is 12.9. The molecule has 0 atom stereocenters. The van der Waals surface area contributed by atoms with E-state index in [1.54, 1.807) is 26.0 Å². The topological polar surface area (TPSA) is 72.8 Å². The van der Waals surface area contributed by atoms with E-state index >= 15 is 0 Å². The lowest BCUT2D eigenvalue weighted by molar-refractivity contribution is -0.149. The van der Waals surface area contributed by atoms with Gasteiger partial charge in [0.05, 0.1) is 13.2 Å². The van der Waals surface area contributed by atoms with Gasteiger partial charge in [0.25, 0.3) is 5.78 Å². The van der Waals surface area contributed by atoms with E-state index in [-0.39, 0.29) is 11.9 Å². The van der Waals surface area contributed by atoms with E-state index < -0.39 is 11.8 Å². The number of esters is 1. The third-order valence-electron chi connectivity index (χ3n) is 2.79. The highest BCUT2D eigenvalue weighted by Crippen LogP contribution is 2.27. The van der Waals surface area contributed by atoms with Gasteiger partial charge in [-0.15, -0.1) is 0 Å². The lowest BCUT2D eigenvalue weighted by Gasteiger charge is -2.15. The van der Waals surface area contributed by atoms with Gasteiger partial charge in [0.1, 0.15) is 11.5 Å². The Hall–Kier alpha value is -2.30. The van der Waals surface area contributed by atoms with Crippen molar-refractivity contribution < 1.29 is 24.2 Å². The zero-order valence-electron chi connectivity index (χ0n) is 12.9. The normalized spacial score (nSPS) is 11.4. The minimum atomic E-state index is -1.02. The monoisotopic (exact) mass is 292 g/mol. The fourth-order valence-electron chi connectivity index (χ4n) is 2.02. The molecular formula is C16H20O5. The maximum atomic E-state index is 11.5. The molecule has 0 saturated heterocycles. The number of ketones is 1. The van der Waals surface area contributed by atoms with Crippen molar-refractivity contribution in [2.45, 2.75) is 33.8 Å². The van der Waals surface area contributed by atoms with Gasteiger partial charge in [-0.1, -0.05) is 0 Å². The minimum absolute atomic E-state index is 0.0414. The summed E-state index contributed by atoms with van der Waals surface area (Å²) in [6, 6.07) is 3.55. The van der Waals surface area contributed by atoms with Crippen molar-refractivity contribution in [3.05, 3.63) is 34.9 Å². The number of ether oxygens (including phenoxy) is 2. The van der Waals surface area contributed by atoms with E-state index in [0.717, 1.165) is 24.3 Å². The predicted molar refractivity (Wildman–Crippen MR) is 79.3 cm³/mol. The molecule has 1 rings (SSSR count). The molecule has 0 heterocycles. The summed E-state index contributed by atoms with van der Waals surface area (Å²) in [5, 5.41) is 10.1. The first-order valence-corrected chi connectivity index (χ1v) is 6.57. The van der Waals surface area contributed by atoms with E-state index in [4.69, 9.17) is 4.74 Å². The van der Waals surface area contributed by atoms with E-state index in [0.29, 0.717) is 11.3 Å². The summed E-state index contributed by atoms with van der Waals surface area (Å²) in [4.78, 5) is 22.5. The summed E-state index contributed by atoms with van der Waals surface area (Å²) in [5.74, 6) is -1.50. The van der Waals surface area contributed by atoms with Crippen LogP contribution in [0.5, 0.6) is 5.75 Å². The van der Waals surface area contributed by atoms with Crippen LogP contribution in [0, 0.1) is 13.8 Å². The minimum Gasteiger partial charge on any atom is -0.507 e. The van der Waals surface area contributed by atoms with E-state index in [9.17, 15) is 14.7 Å². The number of carbonyl (C=O) groups is 2. The van der Waals surface area contributed by atoms with Crippen LogP contribution < -0.4 is 4.74 Å². The second-order valence-corrected chi connectivity index (χ2v) is 4.98. The Morgan fingerprint density at radius 3 is 2.14 bits per heavy atom. The predicted octanol–water partition coefficient (Wildman–Crippen LogP) is 2.73. The Kier molecular flexibility index (Phi) is 5.52. The Morgan fingerprint density at radius 2 is 1.71 bits per heavy atom. The number of hydrogen-bond donors (Lipinski definition) is 1. The number of aryl methyl sites for hydroxylation is 2. The van der Waals surface area contributed by atoms with Crippen LogP contribution in [0.1, 0.15) is 30.5 Å². The molecule has 5 nitrogen and oxygen atoms in total. The van der Waals surface area contributed by atoms with E-state index in [2.05, 4.69) is 4.74 Å². The molecular weight excluding hydrogens is 272 g/mol. The van der Waals surface area contributed by atoms with Crippen LogP contribution in [0.15, 0.2) is 18.2 Å². The largest absolute Gasteiger partial charge is 0.507 e. The molecule has 5 heteroatoms. The number of rotatable bonds is 5. The standard InChI is InChI=1S/C16H20O5/c1-9(2)21-12-6-10(3)15(11(4)7-12)13(17)8-14(18)16(19)20-5/h6-9,17H,1-5H3/b13-8-. The van der Waals surface area contributed by atoms with Crippen molar-refractivity contribution in [1.82, 2.24) is 0 Å². The van der Waals surface area contributed by atoms with Crippen LogP contribution in [0.2, 0.25) is 0 Å². The molecule has 1 aromatic rings. The van der Waals surface area contributed by atoms with Gasteiger partial charge >= 0.3 is 5.97 Å². The highest BCUT2D eigenvalue weighted by molar-refractivity contribution is 6.39. The average Bonchev–Trinajstić information content (AvgIpc) is 2.35. The molecule has 0 unspecified atom stereocenters. The van der Waals surface area contributed by atoms with E-state index in [1.165, 1.54) is 0 Å². The third-order valence-corrected chi connectivity index (χ3v) is 2.79. The average molecular weight is 292 g/mol. The molecule has 0 aliphatic rings. The highest BCUT2D eigenvalue weighted by atomic mass is 16.5. The lowest BCUT2D eigenvalue weighted by Crippen LogP contribution is -2.13. The summed E-state index contributed by atoms with van der Waals surface area (Å²) in [6.07, 6.45) is 0.907. The van der Waals surface area contributed by atoms with Gasteiger partial charge in [-0.3, -0.25) is 4.79 Å². The second kappa shape index (κ2) is 6.92. The van der Waals surface area contributed by atoms with Crippen molar-refractivity contribution >= 4 is 17.5 Å². The second-order valence-electron chi connectivity index (χ2n) is 4.98. The molecule has 114 valence electrons. The Bertz CT molecular complexity index is 561. The molecule has 0 radical (unpaired) electrons.